The Labute approximate surface area is 176 Å². The number of pyridine rings is 1. The molecule has 0 saturated heterocycles. The highest BCUT2D eigenvalue weighted by atomic mass is 19.4. The van der Waals surface area contributed by atoms with Gasteiger partial charge in [0.25, 0.3) is 0 Å². The first-order valence-corrected chi connectivity index (χ1v) is 9.41. The van der Waals surface area contributed by atoms with Gasteiger partial charge in [-0.3, -0.25) is 4.98 Å². The zero-order valence-corrected chi connectivity index (χ0v) is 16.3. The number of anilines is 2. The molecule has 1 aliphatic rings. The second kappa shape index (κ2) is 9.41. The van der Waals surface area contributed by atoms with Crippen LogP contribution < -0.4 is 11.1 Å². The SMILES string of the molecule is Nc1nc(NCc2ccnc(-c3ccccc3)c2)cc(C2CC2)n1.O=C(O)C(F)(F)F. The molecule has 3 aromatic rings. The number of carboxylic acids is 1. The maximum Gasteiger partial charge on any atom is 0.490 e. The van der Waals surface area contributed by atoms with Gasteiger partial charge in [0.05, 0.1) is 11.4 Å². The molecule has 2 aromatic heterocycles. The van der Waals surface area contributed by atoms with Gasteiger partial charge in [0.15, 0.2) is 0 Å². The lowest BCUT2D eigenvalue weighted by molar-refractivity contribution is -0.192. The van der Waals surface area contributed by atoms with Gasteiger partial charge in [-0.25, -0.2) is 9.78 Å². The first-order chi connectivity index (χ1) is 14.7. The number of hydrogen-bond acceptors (Lipinski definition) is 6. The summed E-state index contributed by atoms with van der Waals surface area (Å²) in [5, 5.41) is 10.5. The Kier molecular flexibility index (Phi) is 6.68. The summed E-state index contributed by atoms with van der Waals surface area (Å²) in [7, 11) is 0. The molecular formula is C21H20F3N5O2. The molecule has 0 aliphatic heterocycles. The van der Waals surface area contributed by atoms with Gasteiger partial charge in [-0.15, -0.1) is 0 Å². The monoisotopic (exact) mass is 431 g/mol. The lowest BCUT2D eigenvalue weighted by atomic mass is 10.1. The van der Waals surface area contributed by atoms with Crippen molar-refractivity contribution in [3.63, 3.8) is 0 Å². The molecule has 31 heavy (non-hydrogen) atoms. The van der Waals surface area contributed by atoms with Crippen LogP contribution in [0.1, 0.15) is 30.0 Å². The van der Waals surface area contributed by atoms with Gasteiger partial charge in [-0.2, -0.15) is 18.2 Å². The van der Waals surface area contributed by atoms with Crippen LogP contribution >= 0.6 is 0 Å². The van der Waals surface area contributed by atoms with E-state index in [4.69, 9.17) is 15.6 Å². The second-order valence-electron chi connectivity index (χ2n) is 6.88. The van der Waals surface area contributed by atoms with Gasteiger partial charge in [0.2, 0.25) is 5.95 Å². The minimum atomic E-state index is -5.08. The molecule has 10 heteroatoms. The molecule has 1 saturated carbocycles. The van der Waals surface area contributed by atoms with Crippen LogP contribution in [0, 0.1) is 0 Å². The average molecular weight is 431 g/mol. The number of nitrogens with one attached hydrogen (secondary N) is 1. The van der Waals surface area contributed by atoms with Crippen LogP contribution in [-0.4, -0.2) is 32.2 Å². The molecule has 7 nitrogen and oxygen atoms in total. The number of carboxylic acid groups (broad SMARTS) is 1. The Bertz CT molecular complexity index is 1040. The molecule has 1 aliphatic carbocycles. The Morgan fingerprint density at radius 2 is 1.81 bits per heavy atom. The Hall–Kier alpha value is -3.69. The summed E-state index contributed by atoms with van der Waals surface area (Å²) in [5.74, 6) is -1.09. The average Bonchev–Trinajstić information content (AvgIpc) is 3.58. The molecule has 0 unspecified atom stereocenters. The van der Waals surface area contributed by atoms with Crippen molar-refractivity contribution in [1.29, 1.82) is 0 Å². The van der Waals surface area contributed by atoms with Gasteiger partial charge in [-0.1, -0.05) is 30.3 Å². The van der Waals surface area contributed by atoms with Gasteiger partial charge in [-0.05, 0) is 30.5 Å². The number of aromatic nitrogens is 3. The van der Waals surface area contributed by atoms with E-state index < -0.39 is 12.1 Å². The zero-order chi connectivity index (χ0) is 22.4. The molecule has 2 heterocycles. The summed E-state index contributed by atoms with van der Waals surface area (Å²) in [5.41, 5.74) is 10.1. The van der Waals surface area contributed by atoms with Crippen molar-refractivity contribution >= 4 is 17.7 Å². The van der Waals surface area contributed by atoms with Crippen molar-refractivity contribution in [3.05, 3.63) is 66.0 Å². The highest BCUT2D eigenvalue weighted by molar-refractivity contribution is 5.73. The standard InChI is InChI=1S/C19H19N5.C2HF3O2/c20-19-23-17(15-6-7-15)11-18(24-19)22-12-13-8-9-21-16(10-13)14-4-2-1-3-5-14;3-2(4,5)1(6)7/h1-5,8-11,15H,6-7,12H2,(H3,20,22,23,24);(H,6,7). The Balaban J connectivity index is 0.000000339. The predicted molar refractivity (Wildman–Crippen MR) is 109 cm³/mol. The largest absolute Gasteiger partial charge is 0.490 e. The topological polar surface area (TPSA) is 114 Å². The summed E-state index contributed by atoms with van der Waals surface area (Å²) < 4.78 is 31.7. The molecule has 0 atom stereocenters. The van der Waals surface area contributed by atoms with E-state index in [-0.39, 0.29) is 0 Å². The third kappa shape index (κ3) is 6.66. The van der Waals surface area contributed by atoms with Crippen molar-refractivity contribution in [2.45, 2.75) is 31.5 Å². The fourth-order valence-electron chi connectivity index (χ4n) is 2.71. The molecule has 0 radical (unpaired) electrons. The second-order valence-corrected chi connectivity index (χ2v) is 6.88. The zero-order valence-electron chi connectivity index (χ0n) is 16.3. The molecular weight excluding hydrogens is 411 g/mol. The lowest BCUT2D eigenvalue weighted by Gasteiger charge is -2.09. The van der Waals surface area contributed by atoms with Crippen molar-refractivity contribution < 1.29 is 23.1 Å². The molecule has 0 bridgehead atoms. The number of benzene rings is 1. The normalized spacial score (nSPS) is 13.1. The van der Waals surface area contributed by atoms with E-state index in [2.05, 4.69) is 38.5 Å². The minimum Gasteiger partial charge on any atom is -0.475 e. The van der Waals surface area contributed by atoms with Crippen LogP contribution in [0.2, 0.25) is 0 Å². The van der Waals surface area contributed by atoms with Crippen LogP contribution in [-0.2, 0) is 11.3 Å². The van der Waals surface area contributed by atoms with Crippen molar-refractivity contribution in [2.75, 3.05) is 11.1 Å². The lowest BCUT2D eigenvalue weighted by Crippen LogP contribution is -2.21. The number of hydrogen-bond donors (Lipinski definition) is 3. The number of rotatable bonds is 5. The highest BCUT2D eigenvalue weighted by Gasteiger charge is 2.38. The van der Waals surface area contributed by atoms with Gasteiger partial charge < -0.3 is 16.2 Å². The summed E-state index contributed by atoms with van der Waals surface area (Å²) in [6.45, 7) is 0.670. The van der Waals surface area contributed by atoms with E-state index in [1.54, 1.807) is 0 Å². The van der Waals surface area contributed by atoms with E-state index in [1.165, 1.54) is 12.8 Å². The molecule has 4 N–H and O–H groups in total. The maximum absolute atomic E-state index is 10.6. The third-order valence-electron chi connectivity index (χ3n) is 4.37. The number of carbonyl (C=O) groups is 1. The predicted octanol–water partition coefficient (Wildman–Crippen LogP) is 4.24. The number of aliphatic carboxylic acids is 1. The molecule has 0 amide bonds. The van der Waals surface area contributed by atoms with Crippen LogP contribution in [0.25, 0.3) is 11.3 Å². The van der Waals surface area contributed by atoms with E-state index in [0.29, 0.717) is 18.4 Å². The van der Waals surface area contributed by atoms with Crippen LogP contribution in [0.5, 0.6) is 0 Å². The van der Waals surface area contributed by atoms with Crippen molar-refractivity contribution in [1.82, 2.24) is 15.0 Å². The van der Waals surface area contributed by atoms with Crippen LogP contribution in [0.15, 0.2) is 54.7 Å². The van der Waals surface area contributed by atoms with Crippen molar-refractivity contribution in [2.24, 2.45) is 0 Å². The quantitative estimate of drug-likeness (QED) is 0.553. The van der Waals surface area contributed by atoms with E-state index in [1.807, 2.05) is 36.5 Å². The third-order valence-corrected chi connectivity index (χ3v) is 4.37. The molecule has 4 rings (SSSR count). The fraction of sp³-hybridized carbons (Fsp3) is 0.238. The molecule has 162 valence electrons. The van der Waals surface area contributed by atoms with Gasteiger partial charge in [0, 0.05) is 30.3 Å². The number of nitrogens with two attached hydrogens (primary N) is 1. The maximum atomic E-state index is 10.6. The first kappa shape index (κ1) is 22.0. The smallest absolute Gasteiger partial charge is 0.475 e. The number of nitrogens with zero attached hydrogens (tertiary/aromatic N) is 3. The minimum absolute atomic E-state index is 0.335. The highest BCUT2D eigenvalue weighted by Crippen LogP contribution is 2.39. The van der Waals surface area contributed by atoms with Gasteiger partial charge >= 0.3 is 12.1 Å². The van der Waals surface area contributed by atoms with Crippen LogP contribution in [0.4, 0.5) is 24.9 Å². The van der Waals surface area contributed by atoms with Crippen molar-refractivity contribution in [3.8, 4) is 11.3 Å². The Morgan fingerprint density at radius 3 is 2.42 bits per heavy atom. The van der Waals surface area contributed by atoms with E-state index >= 15 is 0 Å². The summed E-state index contributed by atoms with van der Waals surface area (Å²) in [6.07, 6.45) is -0.856. The Morgan fingerprint density at radius 1 is 1.13 bits per heavy atom. The molecule has 1 aromatic carbocycles. The molecule has 1 fully saturated rings. The number of nitrogen functional groups attached to an aromatic ring is 1. The molecule has 0 spiro atoms. The van der Waals surface area contributed by atoms with Gasteiger partial charge in [0.1, 0.15) is 5.82 Å². The number of alkyl halides is 3. The summed E-state index contributed by atoms with van der Waals surface area (Å²) in [4.78, 5) is 21.9. The fourth-order valence-corrected chi connectivity index (χ4v) is 2.71. The van der Waals surface area contributed by atoms with E-state index in [0.717, 1.165) is 28.3 Å². The first-order valence-electron chi connectivity index (χ1n) is 9.41. The number of halogens is 3. The van der Waals surface area contributed by atoms with E-state index in [9.17, 15) is 13.2 Å². The summed E-state index contributed by atoms with van der Waals surface area (Å²) >= 11 is 0. The summed E-state index contributed by atoms with van der Waals surface area (Å²) in [6, 6.07) is 16.3. The van der Waals surface area contributed by atoms with Crippen LogP contribution in [0.3, 0.4) is 0 Å².